The van der Waals surface area contributed by atoms with Gasteiger partial charge in [-0.3, -0.25) is 14.3 Å². The van der Waals surface area contributed by atoms with Crippen LogP contribution in [0.4, 0.5) is 10.5 Å². The molecular formula is C20H18N2O3. The van der Waals surface area contributed by atoms with Gasteiger partial charge in [0, 0.05) is 25.1 Å². The van der Waals surface area contributed by atoms with E-state index in [1.807, 2.05) is 54.7 Å². The molecule has 5 heteroatoms. The lowest BCUT2D eigenvalue weighted by molar-refractivity contribution is 0.0941. The van der Waals surface area contributed by atoms with E-state index in [-0.39, 0.29) is 18.6 Å². The molecule has 1 aromatic heterocycles. The molecule has 2 aromatic carbocycles. The summed E-state index contributed by atoms with van der Waals surface area (Å²) < 4.78 is 7.13. The lowest BCUT2D eigenvalue weighted by Crippen LogP contribution is -2.35. The van der Waals surface area contributed by atoms with Crippen molar-refractivity contribution in [2.24, 2.45) is 0 Å². The first-order valence-corrected chi connectivity index (χ1v) is 8.27. The maximum atomic E-state index is 12.6. The third kappa shape index (κ3) is 2.67. The van der Waals surface area contributed by atoms with Crippen LogP contribution in [0.3, 0.4) is 0 Å². The Morgan fingerprint density at radius 2 is 1.88 bits per heavy atom. The van der Waals surface area contributed by atoms with Crippen LogP contribution >= 0.6 is 0 Å². The van der Waals surface area contributed by atoms with Crippen molar-refractivity contribution in [1.82, 2.24) is 4.57 Å². The molecule has 1 aliphatic heterocycles. The fourth-order valence-corrected chi connectivity index (χ4v) is 3.36. The van der Waals surface area contributed by atoms with Crippen LogP contribution < -0.4 is 4.90 Å². The second kappa shape index (κ2) is 6.09. The van der Waals surface area contributed by atoms with E-state index in [1.54, 1.807) is 16.4 Å². The van der Waals surface area contributed by atoms with Crippen LogP contribution in [-0.2, 0) is 17.8 Å². The molecule has 1 amide bonds. The Hall–Kier alpha value is -3.08. The normalized spacial score (nSPS) is 13.1. The minimum Gasteiger partial charge on any atom is -0.444 e. The summed E-state index contributed by atoms with van der Waals surface area (Å²) in [5, 5.41) is 0.959. The van der Waals surface area contributed by atoms with Gasteiger partial charge in [0.2, 0.25) is 5.91 Å². The SMILES string of the molecule is CC(=O)n1cc2c3c(cccc31)N(C(=O)OCc1ccccc1)CC2. The molecule has 25 heavy (non-hydrogen) atoms. The van der Waals surface area contributed by atoms with Crippen molar-refractivity contribution in [3.05, 3.63) is 65.9 Å². The molecule has 126 valence electrons. The molecule has 0 unspecified atom stereocenters. The predicted molar refractivity (Wildman–Crippen MR) is 95.9 cm³/mol. The third-order valence-electron chi connectivity index (χ3n) is 4.55. The molecule has 0 saturated carbocycles. The summed E-state index contributed by atoms with van der Waals surface area (Å²) in [5.74, 6) is -0.0338. The van der Waals surface area contributed by atoms with Crippen molar-refractivity contribution in [1.29, 1.82) is 0 Å². The van der Waals surface area contributed by atoms with Crippen LogP contribution in [0, 0.1) is 0 Å². The van der Waals surface area contributed by atoms with E-state index in [0.717, 1.165) is 27.7 Å². The van der Waals surface area contributed by atoms with E-state index in [2.05, 4.69) is 0 Å². The Morgan fingerprint density at radius 1 is 1.08 bits per heavy atom. The Bertz CT molecular complexity index is 960. The average Bonchev–Trinajstić information content (AvgIpc) is 3.02. The molecule has 4 rings (SSSR count). The van der Waals surface area contributed by atoms with E-state index >= 15 is 0 Å². The van der Waals surface area contributed by atoms with Crippen molar-refractivity contribution in [3.63, 3.8) is 0 Å². The van der Waals surface area contributed by atoms with Gasteiger partial charge in [0.1, 0.15) is 6.61 Å². The Balaban J connectivity index is 1.64. The van der Waals surface area contributed by atoms with Gasteiger partial charge >= 0.3 is 6.09 Å². The molecule has 1 aliphatic rings. The highest BCUT2D eigenvalue weighted by molar-refractivity contribution is 6.06. The molecule has 0 spiro atoms. The number of rotatable bonds is 2. The van der Waals surface area contributed by atoms with E-state index in [4.69, 9.17) is 4.74 Å². The van der Waals surface area contributed by atoms with Gasteiger partial charge in [-0.05, 0) is 29.7 Å². The van der Waals surface area contributed by atoms with Gasteiger partial charge in [-0.25, -0.2) is 4.79 Å². The van der Waals surface area contributed by atoms with Crippen molar-refractivity contribution in [3.8, 4) is 0 Å². The van der Waals surface area contributed by atoms with Crippen molar-refractivity contribution in [2.75, 3.05) is 11.4 Å². The molecule has 5 nitrogen and oxygen atoms in total. The van der Waals surface area contributed by atoms with Gasteiger partial charge in [0.15, 0.2) is 0 Å². The van der Waals surface area contributed by atoms with E-state index in [9.17, 15) is 9.59 Å². The van der Waals surface area contributed by atoms with E-state index in [0.29, 0.717) is 13.0 Å². The summed E-state index contributed by atoms with van der Waals surface area (Å²) >= 11 is 0. The number of hydrogen-bond donors (Lipinski definition) is 0. The van der Waals surface area contributed by atoms with Crippen molar-refractivity contribution < 1.29 is 14.3 Å². The highest BCUT2D eigenvalue weighted by Gasteiger charge is 2.27. The van der Waals surface area contributed by atoms with Crippen LogP contribution in [0.5, 0.6) is 0 Å². The molecule has 0 fully saturated rings. The van der Waals surface area contributed by atoms with Gasteiger partial charge in [-0.2, -0.15) is 0 Å². The van der Waals surface area contributed by atoms with E-state index < -0.39 is 0 Å². The Labute approximate surface area is 145 Å². The Kier molecular flexibility index (Phi) is 3.76. The van der Waals surface area contributed by atoms with Gasteiger partial charge in [-0.15, -0.1) is 0 Å². The molecular weight excluding hydrogens is 316 g/mol. The Morgan fingerprint density at radius 3 is 2.64 bits per heavy atom. The summed E-state index contributed by atoms with van der Waals surface area (Å²) in [4.78, 5) is 26.1. The third-order valence-corrected chi connectivity index (χ3v) is 4.55. The zero-order valence-electron chi connectivity index (χ0n) is 13.9. The minimum atomic E-state index is -0.363. The van der Waals surface area contributed by atoms with Crippen molar-refractivity contribution in [2.45, 2.75) is 20.0 Å². The van der Waals surface area contributed by atoms with Gasteiger partial charge in [-0.1, -0.05) is 36.4 Å². The number of anilines is 1. The summed E-state index contributed by atoms with van der Waals surface area (Å²) in [7, 11) is 0. The fourth-order valence-electron chi connectivity index (χ4n) is 3.36. The second-order valence-electron chi connectivity index (χ2n) is 6.16. The number of carbonyl (C=O) groups excluding carboxylic acids is 2. The summed E-state index contributed by atoms with van der Waals surface area (Å²) in [5.41, 5.74) is 3.68. The first-order chi connectivity index (χ1) is 12.1. The van der Waals surface area contributed by atoms with Crippen LogP contribution in [0.2, 0.25) is 0 Å². The zero-order valence-corrected chi connectivity index (χ0v) is 13.9. The lowest BCUT2D eigenvalue weighted by Gasteiger charge is -2.26. The second-order valence-corrected chi connectivity index (χ2v) is 6.16. The first kappa shape index (κ1) is 15.4. The number of aromatic nitrogens is 1. The fraction of sp³-hybridized carbons (Fsp3) is 0.200. The van der Waals surface area contributed by atoms with Crippen LogP contribution in [0.1, 0.15) is 22.8 Å². The van der Waals surface area contributed by atoms with Crippen molar-refractivity contribution >= 4 is 28.6 Å². The minimum absolute atomic E-state index is 0.0338. The topological polar surface area (TPSA) is 51.5 Å². The quantitative estimate of drug-likeness (QED) is 0.712. The number of nitrogens with zero attached hydrogens (tertiary/aromatic N) is 2. The molecule has 0 atom stereocenters. The predicted octanol–water partition coefficient (Wildman–Crippen LogP) is 4.00. The van der Waals surface area contributed by atoms with Gasteiger partial charge in [0.05, 0.1) is 11.2 Å². The lowest BCUT2D eigenvalue weighted by atomic mass is 10.0. The molecule has 0 saturated heterocycles. The van der Waals surface area contributed by atoms with E-state index in [1.165, 1.54) is 0 Å². The maximum absolute atomic E-state index is 12.6. The number of benzene rings is 2. The highest BCUT2D eigenvalue weighted by Crippen LogP contribution is 2.35. The smallest absolute Gasteiger partial charge is 0.414 e. The van der Waals surface area contributed by atoms with Crippen LogP contribution in [0.25, 0.3) is 10.9 Å². The molecule has 0 bridgehead atoms. The summed E-state index contributed by atoms with van der Waals surface area (Å²) in [6.45, 7) is 2.33. The maximum Gasteiger partial charge on any atom is 0.414 e. The summed E-state index contributed by atoms with van der Waals surface area (Å²) in [6, 6.07) is 15.3. The van der Waals surface area contributed by atoms with Crippen LogP contribution in [0.15, 0.2) is 54.7 Å². The standard InChI is InChI=1S/C20H18N2O3/c1-14(23)22-12-16-10-11-21(17-8-5-9-18(22)19(16)17)20(24)25-13-15-6-3-2-4-7-15/h2-9,12H,10-11,13H2,1H3. The zero-order chi connectivity index (χ0) is 17.4. The number of carbonyl (C=O) groups is 2. The monoisotopic (exact) mass is 334 g/mol. The van der Waals surface area contributed by atoms with Gasteiger partial charge in [0.25, 0.3) is 0 Å². The summed E-state index contributed by atoms with van der Waals surface area (Å²) in [6.07, 6.45) is 2.22. The number of amides is 1. The van der Waals surface area contributed by atoms with Crippen LogP contribution in [-0.4, -0.2) is 23.1 Å². The average molecular weight is 334 g/mol. The molecule has 0 N–H and O–H groups in total. The highest BCUT2D eigenvalue weighted by atomic mass is 16.6. The molecule has 0 aliphatic carbocycles. The molecule has 0 radical (unpaired) electrons. The van der Waals surface area contributed by atoms with Gasteiger partial charge < -0.3 is 4.74 Å². The first-order valence-electron chi connectivity index (χ1n) is 8.27. The molecule has 2 heterocycles. The molecule has 3 aromatic rings. The number of hydrogen-bond acceptors (Lipinski definition) is 3. The largest absolute Gasteiger partial charge is 0.444 e. The number of ether oxygens (including phenoxy) is 1.